The summed E-state index contributed by atoms with van der Waals surface area (Å²) in [7, 11) is 0. The zero-order chi connectivity index (χ0) is 10.7. The summed E-state index contributed by atoms with van der Waals surface area (Å²) in [5, 5.41) is 3.94. The van der Waals surface area contributed by atoms with Crippen LogP contribution in [0.3, 0.4) is 0 Å². The van der Waals surface area contributed by atoms with Crippen LogP contribution in [0.1, 0.15) is 12.8 Å². The molecule has 0 radical (unpaired) electrons. The maximum atomic E-state index is 5.82. The van der Waals surface area contributed by atoms with Gasteiger partial charge in [0.25, 0.3) is 0 Å². The predicted molar refractivity (Wildman–Crippen MR) is 67.6 cm³/mol. The molecule has 2 heterocycles. The van der Waals surface area contributed by atoms with Crippen molar-refractivity contribution in [3.63, 3.8) is 0 Å². The van der Waals surface area contributed by atoms with Crippen molar-refractivity contribution >= 4 is 34.9 Å². The Morgan fingerprint density at radius 1 is 1.60 bits per heavy atom. The molecule has 1 aliphatic heterocycles. The Labute approximate surface area is 98.8 Å². The Bertz CT molecular complexity index is 339. The number of rotatable bonds is 2. The maximum Gasteiger partial charge on any atom is 0.149 e. The molecular weight excluding hydrogens is 230 g/mol. The Kier molecular flexibility index (Phi) is 3.59. The van der Waals surface area contributed by atoms with E-state index in [-0.39, 0.29) is 0 Å². The monoisotopic (exact) mass is 243 g/mol. The number of pyridine rings is 1. The molecule has 15 heavy (non-hydrogen) atoms. The number of nitrogen functional groups attached to an aromatic ring is 1. The van der Waals surface area contributed by atoms with Gasteiger partial charge in [0.1, 0.15) is 5.82 Å². The van der Waals surface area contributed by atoms with Crippen molar-refractivity contribution in [3.05, 3.63) is 17.3 Å². The van der Waals surface area contributed by atoms with Crippen LogP contribution in [-0.2, 0) is 0 Å². The zero-order valence-electron chi connectivity index (χ0n) is 8.37. The Morgan fingerprint density at radius 3 is 3.13 bits per heavy atom. The van der Waals surface area contributed by atoms with Crippen LogP contribution in [0.15, 0.2) is 12.3 Å². The van der Waals surface area contributed by atoms with Crippen LogP contribution < -0.4 is 11.1 Å². The molecule has 1 aromatic rings. The van der Waals surface area contributed by atoms with Crippen molar-refractivity contribution in [2.45, 2.75) is 18.9 Å². The summed E-state index contributed by atoms with van der Waals surface area (Å²) in [5.74, 6) is 3.15. The van der Waals surface area contributed by atoms with Gasteiger partial charge in [0.05, 0.1) is 10.7 Å². The smallest absolute Gasteiger partial charge is 0.149 e. The molecule has 0 aliphatic carbocycles. The molecule has 0 bridgehead atoms. The van der Waals surface area contributed by atoms with Gasteiger partial charge in [0.15, 0.2) is 0 Å². The molecular formula is C10H14ClN3S. The summed E-state index contributed by atoms with van der Waals surface area (Å²) in [6.45, 7) is 0. The highest BCUT2D eigenvalue weighted by molar-refractivity contribution is 7.99. The van der Waals surface area contributed by atoms with Crippen molar-refractivity contribution in [1.82, 2.24) is 4.98 Å². The second-order valence-corrected chi connectivity index (χ2v) is 5.24. The number of hydrogen-bond donors (Lipinski definition) is 2. The number of nitrogens with two attached hydrogens (primary N) is 1. The minimum atomic E-state index is 0.486. The standard InChI is InChI=1S/C10H14ClN3S/c11-7-4-9(12)10(13-5-7)14-8-2-1-3-15-6-8/h4-5,8H,1-3,6,12H2,(H,13,14). The minimum absolute atomic E-state index is 0.486. The van der Waals surface area contributed by atoms with Crippen molar-refractivity contribution in [2.24, 2.45) is 0 Å². The first kappa shape index (κ1) is 10.9. The molecule has 0 aromatic carbocycles. The molecule has 1 atom stereocenters. The first-order valence-corrected chi connectivity index (χ1v) is 6.54. The van der Waals surface area contributed by atoms with Gasteiger partial charge in [-0.2, -0.15) is 11.8 Å². The average molecular weight is 244 g/mol. The van der Waals surface area contributed by atoms with Crippen LogP contribution in [0.25, 0.3) is 0 Å². The highest BCUT2D eigenvalue weighted by Crippen LogP contribution is 2.24. The summed E-state index contributed by atoms with van der Waals surface area (Å²) >= 11 is 7.76. The van der Waals surface area contributed by atoms with Crippen molar-refractivity contribution in [1.29, 1.82) is 0 Å². The molecule has 1 fully saturated rings. The van der Waals surface area contributed by atoms with Gasteiger partial charge in [-0.05, 0) is 24.7 Å². The normalized spacial score (nSPS) is 21.3. The number of thioether (sulfide) groups is 1. The Hall–Kier alpha value is -0.610. The first-order chi connectivity index (χ1) is 7.25. The lowest BCUT2D eigenvalue weighted by Gasteiger charge is -2.23. The Balaban J connectivity index is 2.03. The van der Waals surface area contributed by atoms with Crippen LogP contribution in [0.4, 0.5) is 11.5 Å². The molecule has 2 rings (SSSR count). The molecule has 3 nitrogen and oxygen atoms in total. The lowest BCUT2D eigenvalue weighted by atomic mass is 10.2. The number of hydrogen-bond acceptors (Lipinski definition) is 4. The third-order valence-corrected chi connectivity index (χ3v) is 3.81. The molecule has 5 heteroatoms. The van der Waals surface area contributed by atoms with Crippen LogP contribution in [0.2, 0.25) is 5.02 Å². The van der Waals surface area contributed by atoms with Crippen LogP contribution in [0.5, 0.6) is 0 Å². The van der Waals surface area contributed by atoms with Gasteiger partial charge in [0, 0.05) is 18.0 Å². The Morgan fingerprint density at radius 2 is 2.47 bits per heavy atom. The van der Waals surface area contributed by atoms with Gasteiger partial charge < -0.3 is 11.1 Å². The molecule has 3 N–H and O–H groups in total. The lowest BCUT2D eigenvalue weighted by molar-refractivity contribution is 0.683. The molecule has 0 spiro atoms. The summed E-state index contributed by atoms with van der Waals surface area (Å²) in [4.78, 5) is 4.19. The fourth-order valence-corrected chi connectivity index (χ4v) is 2.86. The average Bonchev–Trinajstić information content (AvgIpc) is 2.24. The first-order valence-electron chi connectivity index (χ1n) is 5.01. The van der Waals surface area contributed by atoms with E-state index in [0.29, 0.717) is 16.8 Å². The fourth-order valence-electron chi connectivity index (χ4n) is 1.62. The van der Waals surface area contributed by atoms with Crippen molar-refractivity contribution in [3.8, 4) is 0 Å². The van der Waals surface area contributed by atoms with E-state index in [1.807, 2.05) is 11.8 Å². The summed E-state index contributed by atoms with van der Waals surface area (Å²) in [6.07, 6.45) is 4.07. The van der Waals surface area contributed by atoms with E-state index in [1.165, 1.54) is 18.6 Å². The van der Waals surface area contributed by atoms with E-state index in [9.17, 15) is 0 Å². The summed E-state index contributed by atoms with van der Waals surface area (Å²) < 4.78 is 0. The highest BCUT2D eigenvalue weighted by Gasteiger charge is 2.14. The summed E-state index contributed by atoms with van der Waals surface area (Å²) in [6, 6.07) is 2.21. The largest absolute Gasteiger partial charge is 0.396 e. The van der Waals surface area contributed by atoms with Crippen LogP contribution >= 0.6 is 23.4 Å². The SMILES string of the molecule is Nc1cc(Cl)cnc1NC1CCCSC1. The second kappa shape index (κ2) is 4.94. The third kappa shape index (κ3) is 2.92. The molecule has 0 saturated carbocycles. The number of halogens is 1. The fraction of sp³-hybridized carbons (Fsp3) is 0.500. The molecule has 0 amide bonds. The number of nitrogens with one attached hydrogen (secondary N) is 1. The lowest BCUT2D eigenvalue weighted by Crippen LogP contribution is -2.26. The predicted octanol–water partition coefficient (Wildman–Crippen LogP) is 2.62. The van der Waals surface area contributed by atoms with E-state index in [4.69, 9.17) is 17.3 Å². The van der Waals surface area contributed by atoms with Gasteiger partial charge in [-0.25, -0.2) is 4.98 Å². The minimum Gasteiger partial charge on any atom is -0.396 e. The van der Waals surface area contributed by atoms with E-state index in [1.54, 1.807) is 12.3 Å². The topological polar surface area (TPSA) is 50.9 Å². The van der Waals surface area contributed by atoms with Crippen molar-refractivity contribution < 1.29 is 0 Å². The van der Waals surface area contributed by atoms with Crippen LogP contribution in [-0.4, -0.2) is 22.5 Å². The highest BCUT2D eigenvalue weighted by atomic mass is 35.5. The van der Waals surface area contributed by atoms with Crippen molar-refractivity contribution in [2.75, 3.05) is 22.6 Å². The zero-order valence-corrected chi connectivity index (χ0v) is 9.94. The molecule has 82 valence electrons. The summed E-state index contributed by atoms with van der Waals surface area (Å²) in [5.41, 5.74) is 6.45. The van der Waals surface area contributed by atoms with E-state index in [2.05, 4.69) is 10.3 Å². The molecule has 1 aliphatic rings. The van der Waals surface area contributed by atoms with E-state index < -0.39 is 0 Å². The number of nitrogens with zero attached hydrogens (tertiary/aromatic N) is 1. The molecule has 1 unspecified atom stereocenters. The van der Waals surface area contributed by atoms with Gasteiger partial charge >= 0.3 is 0 Å². The van der Waals surface area contributed by atoms with Crippen LogP contribution in [0, 0.1) is 0 Å². The van der Waals surface area contributed by atoms with Gasteiger partial charge in [-0.3, -0.25) is 0 Å². The van der Waals surface area contributed by atoms with E-state index in [0.717, 1.165) is 11.6 Å². The second-order valence-electron chi connectivity index (χ2n) is 3.65. The number of anilines is 2. The third-order valence-electron chi connectivity index (χ3n) is 2.38. The van der Waals surface area contributed by atoms with Gasteiger partial charge in [0.2, 0.25) is 0 Å². The quantitative estimate of drug-likeness (QED) is 0.839. The van der Waals surface area contributed by atoms with Gasteiger partial charge in [-0.15, -0.1) is 0 Å². The maximum absolute atomic E-state index is 5.82. The van der Waals surface area contributed by atoms with Gasteiger partial charge in [-0.1, -0.05) is 11.6 Å². The molecule has 1 aromatic heterocycles. The molecule has 1 saturated heterocycles. The number of aromatic nitrogens is 1. The van der Waals surface area contributed by atoms with E-state index >= 15 is 0 Å².